The van der Waals surface area contributed by atoms with E-state index in [-0.39, 0.29) is 30.3 Å². The van der Waals surface area contributed by atoms with Gasteiger partial charge in [0.1, 0.15) is 6.54 Å². The molecule has 0 saturated carbocycles. The molecule has 23 heavy (non-hydrogen) atoms. The van der Waals surface area contributed by atoms with Crippen LogP contribution in [0.5, 0.6) is 0 Å². The first-order valence-electron chi connectivity index (χ1n) is 8.34. The van der Waals surface area contributed by atoms with E-state index in [1.165, 1.54) is 11.8 Å². The third-order valence-corrected chi connectivity index (χ3v) is 4.67. The van der Waals surface area contributed by atoms with Crippen LogP contribution in [-0.4, -0.2) is 71.6 Å². The SMILES string of the molecule is CC(=O)N(CC(=O)O)[C@H]1CCCN(C(=O)[C@@H]2CCCOC2)CC1. The fourth-order valence-corrected chi connectivity index (χ4v) is 3.45. The summed E-state index contributed by atoms with van der Waals surface area (Å²) >= 11 is 0. The Bertz CT molecular complexity index is 448. The zero-order chi connectivity index (χ0) is 16.8. The molecule has 130 valence electrons. The summed E-state index contributed by atoms with van der Waals surface area (Å²) in [7, 11) is 0. The van der Waals surface area contributed by atoms with E-state index >= 15 is 0 Å². The fourth-order valence-electron chi connectivity index (χ4n) is 3.45. The number of ether oxygens (including phenoxy) is 1. The largest absolute Gasteiger partial charge is 0.480 e. The molecule has 0 aromatic rings. The van der Waals surface area contributed by atoms with Gasteiger partial charge in [0.25, 0.3) is 0 Å². The first-order valence-corrected chi connectivity index (χ1v) is 8.34. The molecule has 0 bridgehead atoms. The summed E-state index contributed by atoms with van der Waals surface area (Å²) in [5, 5.41) is 8.97. The summed E-state index contributed by atoms with van der Waals surface area (Å²) in [6.07, 6.45) is 3.94. The van der Waals surface area contributed by atoms with E-state index in [2.05, 4.69) is 0 Å². The Balaban J connectivity index is 1.93. The normalized spacial score (nSPS) is 25.5. The zero-order valence-electron chi connectivity index (χ0n) is 13.7. The van der Waals surface area contributed by atoms with Gasteiger partial charge in [-0.2, -0.15) is 0 Å². The second-order valence-electron chi connectivity index (χ2n) is 6.36. The Labute approximate surface area is 136 Å². The molecule has 2 amide bonds. The predicted molar refractivity (Wildman–Crippen MR) is 82.8 cm³/mol. The Morgan fingerprint density at radius 1 is 1.17 bits per heavy atom. The highest BCUT2D eigenvalue weighted by Gasteiger charge is 2.31. The summed E-state index contributed by atoms with van der Waals surface area (Å²) in [5.41, 5.74) is 0. The smallest absolute Gasteiger partial charge is 0.323 e. The average molecular weight is 326 g/mol. The molecule has 7 heteroatoms. The summed E-state index contributed by atoms with van der Waals surface area (Å²) in [4.78, 5) is 38.5. The lowest BCUT2D eigenvalue weighted by Crippen LogP contribution is -2.43. The number of carboxylic acid groups (broad SMARTS) is 1. The van der Waals surface area contributed by atoms with Gasteiger partial charge in [-0.15, -0.1) is 0 Å². The number of rotatable bonds is 4. The van der Waals surface area contributed by atoms with Crippen molar-refractivity contribution >= 4 is 17.8 Å². The maximum absolute atomic E-state index is 12.6. The van der Waals surface area contributed by atoms with Gasteiger partial charge < -0.3 is 19.6 Å². The third kappa shape index (κ3) is 4.92. The van der Waals surface area contributed by atoms with Crippen molar-refractivity contribution in [2.75, 3.05) is 32.8 Å². The van der Waals surface area contributed by atoms with E-state index in [1.807, 2.05) is 4.90 Å². The quantitative estimate of drug-likeness (QED) is 0.823. The lowest BCUT2D eigenvalue weighted by Gasteiger charge is -2.30. The van der Waals surface area contributed by atoms with Gasteiger partial charge in [-0.25, -0.2) is 0 Å². The lowest BCUT2D eigenvalue weighted by atomic mass is 10.0. The topological polar surface area (TPSA) is 87.2 Å². The molecule has 0 radical (unpaired) electrons. The number of hydrogen-bond donors (Lipinski definition) is 1. The molecule has 2 aliphatic rings. The van der Waals surface area contributed by atoms with E-state index in [1.54, 1.807) is 0 Å². The van der Waals surface area contributed by atoms with Crippen molar-refractivity contribution in [3.8, 4) is 0 Å². The van der Waals surface area contributed by atoms with E-state index in [9.17, 15) is 14.4 Å². The molecule has 0 unspecified atom stereocenters. The van der Waals surface area contributed by atoms with Crippen molar-refractivity contribution in [1.29, 1.82) is 0 Å². The van der Waals surface area contributed by atoms with Crippen LogP contribution in [0.1, 0.15) is 39.0 Å². The van der Waals surface area contributed by atoms with Crippen LogP contribution in [-0.2, 0) is 19.1 Å². The van der Waals surface area contributed by atoms with E-state index in [0.29, 0.717) is 26.1 Å². The maximum Gasteiger partial charge on any atom is 0.323 e. The first kappa shape index (κ1) is 17.7. The number of likely N-dealkylation sites (tertiary alicyclic amines) is 1. The number of amides is 2. The first-order chi connectivity index (χ1) is 11.0. The fraction of sp³-hybridized carbons (Fsp3) is 0.812. The van der Waals surface area contributed by atoms with Crippen LogP contribution in [0.25, 0.3) is 0 Å². The van der Waals surface area contributed by atoms with Crippen molar-refractivity contribution in [3.63, 3.8) is 0 Å². The standard InChI is InChI=1S/C16H26N2O5/c1-12(19)18(10-15(20)21)14-5-2-7-17(8-6-14)16(22)13-4-3-9-23-11-13/h13-14H,2-11H2,1H3,(H,20,21)/t13-,14+/m1/s1. The van der Waals surface area contributed by atoms with Crippen LogP contribution in [0.15, 0.2) is 0 Å². The number of hydrogen-bond acceptors (Lipinski definition) is 4. The van der Waals surface area contributed by atoms with E-state index in [4.69, 9.17) is 9.84 Å². The number of carboxylic acids is 1. The Morgan fingerprint density at radius 3 is 2.57 bits per heavy atom. The molecular weight excluding hydrogens is 300 g/mol. The highest BCUT2D eigenvalue weighted by Crippen LogP contribution is 2.21. The van der Waals surface area contributed by atoms with E-state index < -0.39 is 5.97 Å². The second-order valence-corrected chi connectivity index (χ2v) is 6.36. The predicted octanol–water partition coefficient (Wildman–Crippen LogP) is 0.727. The molecule has 2 saturated heterocycles. The lowest BCUT2D eigenvalue weighted by molar-refractivity contribution is -0.145. The van der Waals surface area contributed by atoms with Crippen molar-refractivity contribution in [2.24, 2.45) is 5.92 Å². The van der Waals surface area contributed by atoms with Gasteiger partial charge in [-0.3, -0.25) is 14.4 Å². The summed E-state index contributed by atoms with van der Waals surface area (Å²) in [6, 6.07) is -0.107. The van der Waals surface area contributed by atoms with Crippen molar-refractivity contribution in [1.82, 2.24) is 9.80 Å². The van der Waals surface area contributed by atoms with Crippen molar-refractivity contribution < 1.29 is 24.2 Å². The van der Waals surface area contributed by atoms with Crippen molar-refractivity contribution in [2.45, 2.75) is 45.1 Å². The molecule has 2 heterocycles. The molecule has 2 rings (SSSR count). The van der Waals surface area contributed by atoms with Gasteiger partial charge in [0.2, 0.25) is 11.8 Å². The zero-order valence-corrected chi connectivity index (χ0v) is 13.7. The summed E-state index contributed by atoms with van der Waals surface area (Å²) in [6.45, 7) is 3.60. The number of carbonyl (C=O) groups is 3. The number of nitrogens with zero attached hydrogens (tertiary/aromatic N) is 2. The number of carbonyl (C=O) groups excluding carboxylic acids is 2. The van der Waals surface area contributed by atoms with Crippen LogP contribution < -0.4 is 0 Å². The Kier molecular flexibility index (Phi) is 6.38. The molecule has 0 spiro atoms. The molecule has 0 aromatic heterocycles. The third-order valence-electron chi connectivity index (χ3n) is 4.67. The van der Waals surface area contributed by atoms with Crippen LogP contribution in [0.2, 0.25) is 0 Å². The minimum Gasteiger partial charge on any atom is -0.480 e. The van der Waals surface area contributed by atoms with Crippen LogP contribution in [0, 0.1) is 5.92 Å². The highest BCUT2D eigenvalue weighted by atomic mass is 16.5. The molecule has 0 aliphatic carbocycles. The van der Waals surface area contributed by atoms with Gasteiger partial charge in [-0.1, -0.05) is 0 Å². The minimum absolute atomic E-state index is 0.0526. The Hall–Kier alpha value is -1.63. The second kappa shape index (κ2) is 8.29. The van der Waals surface area contributed by atoms with Crippen LogP contribution in [0.3, 0.4) is 0 Å². The number of aliphatic carboxylic acids is 1. The van der Waals surface area contributed by atoms with Crippen LogP contribution in [0.4, 0.5) is 0 Å². The van der Waals surface area contributed by atoms with Gasteiger partial charge in [-0.05, 0) is 32.1 Å². The van der Waals surface area contributed by atoms with E-state index in [0.717, 1.165) is 32.3 Å². The highest BCUT2D eigenvalue weighted by molar-refractivity contribution is 5.80. The van der Waals surface area contributed by atoms with Gasteiger partial charge in [0.15, 0.2) is 0 Å². The van der Waals surface area contributed by atoms with Gasteiger partial charge >= 0.3 is 5.97 Å². The van der Waals surface area contributed by atoms with Crippen LogP contribution >= 0.6 is 0 Å². The van der Waals surface area contributed by atoms with Gasteiger partial charge in [0, 0.05) is 32.7 Å². The molecule has 2 atom stereocenters. The average Bonchev–Trinajstić information content (AvgIpc) is 2.78. The minimum atomic E-state index is -1.00. The molecule has 0 aromatic carbocycles. The Morgan fingerprint density at radius 2 is 1.96 bits per heavy atom. The molecular formula is C16H26N2O5. The molecule has 1 N–H and O–H groups in total. The molecule has 2 fully saturated rings. The summed E-state index contributed by atoms with van der Waals surface area (Å²) < 4.78 is 5.39. The molecule has 2 aliphatic heterocycles. The van der Waals surface area contributed by atoms with Gasteiger partial charge in [0.05, 0.1) is 12.5 Å². The molecule has 7 nitrogen and oxygen atoms in total. The monoisotopic (exact) mass is 326 g/mol. The summed E-state index contributed by atoms with van der Waals surface area (Å²) in [5.74, 6) is -1.14. The van der Waals surface area contributed by atoms with Crippen molar-refractivity contribution in [3.05, 3.63) is 0 Å². The maximum atomic E-state index is 12.6.